The third kappa shape index (κ3) is 8.12. The summed E-state index contributed by atoms with van der Waals surface area (Å²) in [6, 6.07) is 4.98. The number of anilines is 2. The molecule has 0 bridgehead atoms. The lowest BCUT2D eigenvalue weighted by Gasteiger charge is -2.15. The van der Waals surface area contributed by atoms with Crippen LogP contribution in [0.4, 0.5) is 24.5 Å². The molecule has 33 heavy (non-hydrogen) atoms. The van der Waals surface area contributed by atoms with Crippen molar-refractivity contribution in [3.8, 4) is 0 Å². The molecule has 0 saturated heterocycles. The van der Waals surface area contributed by atoms with Crippen LogP contribution < -0.4 is 10.8 Å². The van der Waals surface area contributed by atoms with E-state index in [-0.39, 0.29) is 38.7 Å². The van der Waals surface area contributed by atoms with Gasteiger partial charge in [0.2, 0.25) is 0 Å². The smallest absolute Gasteiger partial charge is 0.277 e. The Morgan fingerprint density at radius 1 is 1.06 bits per heavy atom. The highest BCUT2D eigenvalue weighted by Crippen LogP contribution is 2.30. The molecular weight excluding hydrogens is 562 g/mol. The van der Waals surface area contributed by atoms with Gasteiger partial charge in [0.05, 0.1) is 56.2 Å². The average molecular weight is 583 g/mol. The predicted octanol–water partition coefficient (Wildman–Crippen LogP) is 2.47. The molecule has 0 heterocycles. The van der Waals surface area contributed by atoms with Gasteiger partial charge in [0.15, 0.2) is 11.6 Å². The molecule has 0 saturated carbocycles. The Morgan fingerprint density at radius 2 is 1.82 bits per heavy atom. The number of aliphatic hydroxyl groups is 2. The van der Waals surface area contributed by atoms with E-state index >= 15 is 0 Å². The summed E-state index contributed by atoms with van der Waals surface area (Å²) < 4.78 is 49.3. The second kappa shape index (κ2) is 13.9. The maximum Gasteiger partial charge on any atom is 0.277 e. The van der Waals surface area contributed by atoms with E-state index in [0.29, 0.717) is 3.57 Å². The molecule has 9 nitrogen and oxygen atoms in total. The second-order valence-electron chi connectivity index (χ2n) is 6.17. The largest absolute Gasteiger partial charge is 0.394 e. The molecule has 0 spiro atoms. The number of rotatable bonds is 13. The van der Waals surface area contributed by atoms with Crippen molar-refractivity contribution in [2.75, 3.05) is 45.0 Å². The molecule has 0 atom stereocenters. The number of halogens is 4. The van der Waals surface area contributed by atoms with Crippen LogP contribution in [-0.4, -0.2) is 62.0 Å². The first-order chi connectivity index (χ1) is 15.9. The number of carbonyl (C=O) groups is 1. The van der Waals surface area contributed by atoms with E-state index in [0.717, 1.165) is 12.3 Å². The van der Waals surface area contributed by atoms with Crippen molar-refractivity contribution in [3.63, 3.8) is 0 Å². The number of hydrogen-bond donors (Lipinski definition) is 4. The van der Waals surface area contributed by atoms with Crippen molar-refractivity contribution in [3.05, 3.63) is 56.4 Å². The maximum absolute atomic E-state index is 14.9. The van der Waals surface area contributed by atoms with Gasteiger partial charge in [0, 0.05) is 9.13 Å². The highest BCUT2D eigenvalue weighted by Gasteiger charge is 2.23. The molecule has 0 unspecified atom stereocenters. The van der Waals surface area contributed by atoms with Crippen molar-refractivity contribution in [2.45, 2.75) is 0 Å². The number of nitrogens with zero attached hydrogens (tertiary/aromatic N) is 1. The van der Waals surface area contributed by atoms with Gasteiger partial charge in [-0.15, -0.1) is 0 Å². The van der Waals surface area contributed by atoms with Crippen molar-refractivity contribution < 1.29 is 42.6 Å². The number of benzene rings is 2. The molecule has 0 aliphatic heterocycles. The Bertz CT molecular complexity index is 981. The van der Waals surface area contributed by atoms with Gasteiger partial charge in [-0.2, -0.15) is 0 Å². The fourth-order valence-corrected chi connectivity index (χ4v) is 2.85. The summed E-state index contributed by atoms with van der Waals surface area (Å²) in [6.07, 6.45) is 0.852. The molecule has 0 fully saturated rings. The zero-order chi connectivity index (χ0) is 24.2. The Morgan fingerprint density at radius 3 is 2.52 bits per heavy atom. The van der Waals surface area contributed by atoms with Gasteiger partial charge >= 0.3 is 0 Å². The van der Waals surface area contributed by atoms with Crippen molar-refractivity contribution >= 4 is 46.1 Å². The molecule has 2 aromatic carbocycles. The van der Waals surface area contributed by atoms with Gasteiger partial charge in [-0.1, -0.05) is 5.16 Å². The zero-order valence-electron chi connectivity index (χ0n) is 17.1. The summed E-state index contributed by atoms with van der Waals surface area (Å²) in [5, 5.41) is 23.3. The van der Waals surface area contributed by atoms with Gasteiger partial charge in [-0.3, -0.25) is 9.63 Å². The van der Waals surface area contributed by atoms with Crippen LogP contribution in [0, 0.1) is 21.0 Å². The molecule has 2 aromatic rings. The molecule has 180 valence electrons. The van der Waals surface area contributed by atoms with Crippen LogP contribution in [-0.2, 0) is 14.4 Å². The fraction of sp³-hybridized carbons (Fsp3) is 0.300. The molecular formula is C20H21F3IN3O6. The van der Waals surface area contributed by atoms with E-state index in [1.165, 1.54) is 18.2 Å². The highest BCUT2D eigenvalue weighted by molar-refractivity contribution is 14.1. The Labute approximate surface area is 200 Å². The highest BCUT2D eigenvalue weighted by atomic mass is 127. The van der Waals surface area contributed by atoms with Gasteiger partial charge in [-0.05, 0) is 46.9 Å². The third-order valence-electron chi connectivity index (χ3n) is 3.85. The van der Waals surface area contributed by atoms with Crippen molar-refractivity contribution in [1.82, 2.24) is 5.48 Å². The van der Waals surface area contributed by atoms with E-state index in [9.17, 15) is 18.0 Å². The van der Waals surface area contributed by atoms with Gasteiger partial charge in [-0.25, -0.2) is 18.7 Å². The monoisotopic (exact) mass is 583 g/mol. The van der Waals surface area contributed by atoms with Crippen molar-refractivity contribution in [1.29, 1.82) is 0 Å². The van der Waals surface area contributed by atoms with Crippen LogP contribution in [0.5, 0.6) is 0 Å². The number of ether oxygens (including phenoxy) is 1. The Hall–Kier alpha value is -2.46. The predicted molar refractivity (Wildman–Crippen MR) is 121 cm³/mol. The number of amides is 1. The fourth-order valence-electron chi connectivity index (χ4n) is 2.39. The first kappa shape index (κ1) is 26.8. The first-order valence-corrected chi connectivity index (χ1v) is 10.6. The topological polar surface area (TPSA) is 122 Å². The van der Waals surface area contributed by atoms with Crippen LogP contribution >= 0.6 is 22.6 Å². The summed E-state index contributed by atoms with van der Waals surface area (Å²) >= 11 is 1.88. The summed E-state index contributed by atoms with van der Waals surface area (Å²) in [5.41, 5.74) is 0.319. The zero-order valence-corrected chi connectivity index (χ0v) is 19.3. The molecule has 0 aliphatic rings. The van der Waals surface area contributed by atoms with Crippen LogP contribution in [0.25, 0.3) is 0 Å². The van der Waals surface area contributed by atoms with Gasteiger partial charge in [0.25, 0.3) is 5.91 Å². The van der Waals surface area contributed by atoms with Crippen LogP contribution in [0.2, 0.25) is 0 Å². The minimum absolute atomic E-state index is 0.0192. The summed E-state index contributed by atoms with van der Waals surface area (Å²) in [5.74, 6) is -4.55. The van der Waals surface area contributed by atoms with E-state index in [1.54, 1.807) is 0 Å². The van der Waals surface area contributed by atoms with E-state index < -0.39 is 46.8 Å². The van der Waals surface area contributed by atoms with E-state index in [4.69, 9.17) is 24.6 Å². The van der Waals surface area contributed by atoms with Crippen LogP contribution in [0.3, 0.4) is 0 Å². The van der Waals surface area contributed by atoms with Gasteiger partial charge in [0.1, 0.15) is 12.4 Å². The summed E-state index contributed by atoms with van der Waals surface area (Å²) in [6.45, 7) is -0.602. The number of hydroxylamine groups is 1. The van der Waals surface area contributed by atoms with Crippen molar-refractivity contribution in [2.24, 2.45) is 5.16 Å². The van der Waals surface area contributed by atoms with Gasteiger partial charge < -0.3 is 25.1 Å². The Balaban J connectivity index is 2.33. The lowest BCUT2D eigenvalue weighted by Crippen LogP contribution is -2.26. The quantitative estimate of drug-likeness (QED) is 0.124. The number of nitrogens with one attached hydrogen (secondary N) is 2. The molecule has 13 heteroatoms. The minimum Gasteiger partial charge on any atom is -0.394 e. The number of oxime groups is 1. The molecule has 2 rings (SSSR count). The summed E-state index contributed by atoms with van der Waals surface area (Å²) in [7, 11) is 0. The minimum atomic E-state index is -1.46. The first-order valence-electron chi connectivity index (χ1n) is 9.50. The Kier molecular flexibility index (Phi) is 11.3. The number of aliphatic hydroxyl groups excluding tert-OH is 2. The number of carbonyl (C=O) groups excluding carboxylic acids is 1. The standard InChI is InChI=1S/C20H21F3IN3O6/c21-15-10-13(24)1-2-16(15)26-19-14(20(30)27-33-6-4-29)9-12(17(22)18(19)23)11-25-32-8-7-31-5-3-28/h1-2,9-11,26,28-29H,3-8H2,(H,27,30)/b25-11+. The molecule has 1 amide bonds. The molecule has 0 radical (unpaired) electrons. The van der Waals surface area contributed by atoms with E-state index in [1.807, 2.05) is 28.1 Å². The second-order valence-corrected chi connectivity index (χ2v) is 7.42. The van der Waals surface area contributed by atoms with Crippen LogP contribution in [0.1, 0.15) is 15.9 Å². The summed E-state index contributed by atoms with van der Waals surface area (Å²) in [4.78, 5) is 22.1. The van der Waals surface area contributed by atoms with Crippen LogP contribution in [0.15, 0.2) is 29.4 Å². The molecule has 0 aliphatic carbocycles. The lowest BCUT2D eigenvalue weighted by atomic mass is 10.1. The number of hydrogen-bond acceptors (Lipinski definition) is 8. The molecule has 4 N–H and O–H groups in total. The normalized spacial score (nSPS) is 11.1. The molecule has 0 aromatic heterocycles. The third-order valence-corrected chi connectivity index (χ3v) is 4.52. The maximum atomic E-state index is 14.9. The van der Waals surface area contributed by atoms with E-state index in [2.05, 4.69) is 10.5 Å². The average Bonchev–Trinajstić information content (AvgIpc) is 2.79. The lowest BCUT2D eigenvalue weighted by molar-refractivity contribution is 0.0168. The SMILES string of the molecule is O=C(NOCCO)c1cc(/C=N/OCCOCCO)c(F)c(F)c1Nc1ccc(I)cc1F.